The number of carboxylic acids is 1. The van der Waals surface area contributed by atoms with Crippen molar-refractivity contribution < 1.29 is 33.0 Å². The molecule has 0 unspecified atom stereocenters. The molecule has 1 aliphatic heterocycles. The second-order valence-electron chi connectivity index (χ2n) is 10.0. The number of rotatable bonds is 8. The summed E-state index contributed by atoms with van der Waals surface area (Å²) in [7, 11) is 0. The number of carbonyl (C=O) groups excluding carboxylic acids is 1. The van der Waals surface area contributed by atoms with E-state index < -0.39 is 17.2 Å². The molecule has 0 radical (unpaired) electrons. The van der Waals surface area contributed by atoms with Crippen LogP contribution in [0.3, 0.4) is 0 Å². The normalized spacial score (nSPS) is 13.3. The van der Waals surface area contributed by atoms with Crippen LogP contribution >= 0.6 is 0 Å². The molecule has 1 aromatic heterocycles. The third kappa shape index (κ3) is 4.54. The SMILES string of the molecule is CCOc1cc2c(c(F)c1OCC)C(=N)N(CC(=O)c1cc(C(C)(C)C)c3oc(C)c(C(=O)O)c3c1)C2. The molecule has 0 bridgehead atoms. The number of ketones is 1. The number of fused-ring (bicyclic) bond motifs is 2. The zero-order valence-corrected chi connectivity index (χ0v) is 21.9. The van der Waals surface area contributed by atoms with Gasteiger partial charge in [-0.05, 0) is 49.9 Å². The molecule has 37 heavy (non-hydrogen) atoms. The Balaban J connectivity index is 1.72. The van der Waals surface area contributed by atoms with Crippen LogP contribution in [-0.2, 0) is 12.0 Å². The molecule has 9 heteroatoms. The van der Waals surface area contributed by atoms with Gasteiger partial charge >= 0.3 is 5.97 Å². The van der Waals surface area contributed by atoms with Gasteiger partial charge in [0, 0.05) is 23.1 Å². The number of nitrogens with one attached hydrogen (secondary N) is 1. The molecule has 0 aliphatic carbocycles. The van der Waals surface area contributed by atoms with Gasteiger partial charge in [-0.25, -0.2) is 9.18 Å². The fourth-order valence-electron chi connectivity index (χ4n) is 4.73. The van der Waals surface area contributed by atoms with E-state index in [9.17, 15) is 14.7 Å². The minimum Gasteiger partial charge on any atom is -0.490 e. The van der Waals surface area contributed by atoms with Crippen molar-refractivity contribution >= 4 is 28.6 Å². The Morgan fingerprint density at radius 2 is 1.84 bits per heavy atom. The number of aromatic carboxylic acids is 1. The number of amidine groups is 1. The third-order valence-corrected chi connectivity index (χ3v) is 6.42. The summed E-state index contributed by atoms with van der Waals surface area (Å²) < 4.78 is 32.2. The first-order valence-electron chi connectivity index (χ1n) is 12.2. The number of carbonyl (C=O) groups is 2. The lowest BCUT2D eigenvalue weighted by Gasteiger charge is -2.21. The van der Waals surface area contributed by atoms with Gasteiger partial charge in [0.25, 0.3) is 0 Å². The molecular weight excluding hydrogens is 479 g/mol. The van der Waals surface area contributed by atoms with Gasteiger partial charge in [0.05, 0.1) is 25.3 Å². The summed E-state index contributed by atoms with van der Waals surface area (Å²) in [6.07, 6.45) is 0. The number of benzene rings is 2. The van der Waals surface area contributed by atoms with E-state index in [1.54, 1.807) is 32.9 Å². The standard InChI is InChI=1S/C28H31FN2O6/c1-7-35-20-11-16-12-31(26(30)22(16)23(29)25(20)36-8-2)13-19(32)15-9-17-21(27(33)34)14(3)37-24(17)18(10-15)28(4,5)6/h9-11,30H,7-8,12-13H2,1-6H3,(H,33,34). The Morgan fingerprint density at radius 1 is 1.16 bits per heavy atom. The molecule has 2 aromatic carbocycles. The molecule has 0 fully saturated rings. The third-order valence-electron chi connectivity index (χ3n) is 6.42. The first-order valence-corrected chi connectivity index (χ1v) is 12.2. The van der Waals surface area contributed by atoms with Gasteiger partial charge < -0.3 is 23.9 Å². The highest BCUT2D eigenvalue weighted by molar-refractivity contribution is 6.10. The number of carboxylic acid groups (broad SMARTS) is 1. The van der Waals surface area contributed by atoms with Crippen LogP contribution in [0.4, 0.5) is 4.39 Å². The van der Waals surface area contributed by atoms with Gasteiger partial charge in [-0.2, -0.15) is 0 Å². The van der Waals surface area contributed by atoms with Crippen molar-refractivity contribution in [3.05, 3.63) is 57.6 Å². The fourth-order valence-corrected chi connectivity index (χ4v) is 4.73. The van der Waals surface area contributed by atoms with Gasteiger partial charge in [0.2, 0.25) is 0 Å². The smallest absolute Gasteiger partial charge is 0.339 e. The summed E-state index contributed by atoms with van der Waals surface area (Å²) in [5, 5.41) is 18.7. The van der Waals surface area contributed by atoms with Gasteiger partial charge in [-0.3, -0.25) is 10.2 Å². The number of halogens is 1. The maximum atomic E-state index is 15.4. The van der Waals surface area contributed by atoms with Crippen LogP contribution in [0.2, 0.25) is 0 Å². The van der Waals surface area contributed by atoms with Gasteiger partial charge in [-0.15, -0.1) is 0 Å². The van der Waals surface area contributed by atoms with E-state index in [1.807, 2.05) is 20.8 Å². The summed E-state index contributed by atoms with van der Waals surface area (Å²) in [5.41, 5.74) is 1.66. The number of furan rings is 1. The molecule has 196 valence electrons. The van der Waals surface area contributed by atoms with Gasteiger partial charge in [0.1, 0.15) is 22.7 Å². The first-order chi connectivity index (χ1) is 17.4. The molecule has 0 saturated heterocycles. The molecular formula is C28H31FN2O6. The van der Waals surface area contributed by atoms with Crippen molar-refractivity contribution in [3.8, 4) is 11.5 Å². The molecule has 2 N–H and O–H groups in total. The molecule has 4 rings (SSSR count). The van der Waals surface area contributed by atoms with E-state index in [2.05, 4.69) is 0 Å². The molecule has 0 amide bonds. The summed E-state index contributed by atoms with van der Waals surface area (Å²) in [4.78, 5) is 26.9. The number of aryl methyl sites for hydroxylation is 1. The Morgan fingerprint density at radius 3 is 2.43 bits per heavy atom. The van der Waals surface area contributed by atoms with E-state index in [-0.39, 0.29) is 59.7 Å². The van der Waals surface area contributed by atoms with E-state index in [4.69, 9.17) is 19.3 Å². The highest BCUT2D eigenvalue weighted by Crippen LogP contribution is 2.40. The molecule has 0 saturated carbocycles. The second-order valence-corrected chi connectivity index (χ2v) is 10.0. The largest absolute Gasteiger partial charge is 0.490 e. The van der Waals surface area contributed by atoms with Crippen LogP contribution in [0.5, 0.6) is 11.5 Å². The zero-order chi connectivity index (χ0) is 27.2. The maximum absolute atomic E-state index is 15.4. The van der Waals surface area contributed by atoms with Gasteiger partial charge in [0.15, 0.2) is 23.1 Å². The van der Waals surface area contributed by atoms with Crippen LogP contribution in [-0.4, -0.2) is 47.4 Å². The van der Waals surface area contributed by atoms with Crippen LogP contribution in [0.25, 0.3) is 11.0 Å². The van der Waals surface area contributed by atoms with E-state index >= 15 is 4.39 Å². The fraction of sp³-hybridized carbons (Fsp3) is 0.393. The zero-order valence-electron chi connectivity index (χ0n) is 21.9. The first kappa shape index (κ1) is 26.2. The minimum atomic E-state index is -1.14. The van der Waals surface area contributed by atoms with Crippen molar-refractivity contribution in [2.24, 2.45) is 0 Å². The van der Waals surface area contributed by atoms with Crippen molar-refractivity contribution in [2.75, 3.05) is 19.8 Å². The van der Waals surface area contributed by atoms with Crippen LogP contribution in [0.15, 0.2) is 22.6 Å². The summed E-state index contributed by atoms with van der Waals surface area (Å²) in [6, 6.07) is 4.90. The predicted molar refractivity (Wildman–Crippen MR) is 137 cm³/mol. The molecule has 0 spiro atoms. The lowest BCUT2D eigenvalue weighted by Crippen LogP contribution is -2.30. The average Bonchev–Trinajstić information content (AvgIpc) is 3.30. The topological polar surface area (TPSA) is 113 Å². The van der Waals surface area contributed by atoms with E-state index in [1.165, 1.54) is 11.0 Å². The lowest BCUT2D eigenvalue weighted by atomic mass is 9.84. The Bertz CT molecular complexity index is 1430. The Kier molecular flexibility index (Phi) is 6.75. The van der Waals surface area contributed by atoms with Crippen molar-refractivity contribution in [2.45, 2.75) is 53.5 Å². The van der Waals surface area contributed by atoms with Crippen molar-refractivity contribution in [3.63, 3.8) is 0 Å². The number of nitrogens with zero attached hydrogens (tertiary/aromatic N) is 1. The number of ether oxygens (including phenoxy) is 2. The summed E-state index contributed by atoms with van der Waals surface area (Å²) in [5.74, 6) is -1.78. The summed E-state index contributed by atoms with van der Waals surface area (Å²) in [6.45, 7) is 11.5. The highest BCUT2D eigenvalue weighted by atomic mass is 19.1. The van der Waals surface area contributed by atoms with Crippen LogP contribution < -0.4 is 9.47 Å². The Hall–Kier alpha value is -3.88. The predicted octanol–water partition coefficient (Wildman–Crippen LogP) is 5.70. The molecule has 3 aromatic rings. The van der Waals surface area contributed by atoms with Crippen molar-refractivity contribution in [1.82, 2.24) is 4.90 Å². The maximum Gasteiger partial charge on any atom is 0.339 e. The minimum absolute atomic E-state index is 0.0189. The quantitative estimate of drug-likeness (QED) is 0.374. The summed E-state index contributed by atoms with van der Waals surface area (Å²) >= 11 is 0. The molecule has 0 atom stereocenters. The lowest BCUT2D eigenvalue weighted by molar-refractivity contribution is 0.0696. The second kappa shape index (κ2) is 9.53. The Labute approximate surface area is 214 Å². The molecule has 1 aliphatic rings. The number of hydrogen-bond donors (Lipinski definition) is 2. The number of hydrogen-bond acceptors (Lipinski definition) is 6. The number of Topliss-reactive ketones (excluding diaryl/α,β-unsaturated/α-hetero) is 1. The van der Waals surface area contributed by atoms with Crippen LogP contribution in [0, 0.1) is 18.2 Å². The monoisotopic (exact) mass is 510 g/mol. The molecule has 2 heterocycles. The molecule has 8 nitrogen and oxygen atoms in total. The van der Waals surface area contributed by atoms with Crippen LogP contribution in [0.1, 0.15) is 77.8 Å². The average molecular weight is 511 g/mol. The van der Waals surface area contributed by atoms with Gasteiger partial charge in [-0.1, -0.05) is 20.8 Å². The highest BCUT2D eigenvalue weighted by Gasteiger charge is 2.34. The van der Waals surface area contributed by atoms with E-state index in [0.29, 0.717) is 34.3 Å². The van der Waals surface area contributed by atoms with Crippen molar-refractivity contribution in [1.29, 1.82) is 5.41 Å². The van der Waals surface area contributed by atoms with E-state index in [0.717, 1.165) is 0 Å².